The van der Waals surface area contributed by atoms with Gasteiger partial charge < -0.3 is 4.74 Å². The predicted octanol–water partition coefficient (Wildman–Crippen LogP) is 5.33. The Hall–Kier alpha value is -2.88. The van der Waals surface area contributed by atoms with Crippen molar-refractivity contribution >= 4 is 5.78 Å². The Bertz CT molecular complexity index is 1060. The van der Waals surface area contributed by atoms with Crippen molar-refractivity contribution in [2.24, 2.45) is 0 Å². The first-order valence-corrected chi connectivity index (χ1v) is 11.6. The number of fused-ring (bicyclic) bond motifs is 1. The van der Waals surface area contributed by atoms with Crippen molar-refractivity contribution < 1.29 is 14.1 Å². The zero-order valence-electron chi connectivity index (χ0n) is 18.3. The highest BCUT2D eigenvalue weighted by Gasteiger charge is 2.30. The van der Waals surface area contributed by atoms with Crippen LogP contribution in [0.1, 0.15) is 66.2 Å². The molecule has 5 rings (SSSR count). The molecular formula is C27H31N2O2+. The smallest absolute Gasteiger partial charge is 0.257 e. The predicted molar refractivity (Wildman–Crippen MR) is 122 cm³/mol. The molecule has 0 spiro atoms. The molecule has 0 radical (unpaired) electrons. The van der Waals surface area contributed by atoms with Crippen LogP contribution in [0.25, 0.3) is 11.3 Å². The lowest BCUT2D eigenvalue weighted by molar-refractivity contribution is -0.689. The molecule has 0 saturated heterocycles. The minimum absolute atomic E-state index is 0.182. The molecule has 1 aromatic heterocycles. The fourth-order valence-corrected chi connectivity index (χ4v) is 5.26. The minimum atomic E-state index is 0.182. The summed E-state index contributed by atoms with van der Waals surface area (Å²) in [6.07, 6.45) is 10.9. The molecule has 1 fully saturated rings. The van der Waals surface area contributed by atoms with Gasteiger partial charge in [0, 0.05) is 11.1 Å². The fourth-order valence-electron chi connectivity index (χ4n) is 5.26. The molecule has 4 nitrogen and oxygen atoms in total. The normalized spacial score (nSPS) is 16.3. The van der Waals surface area contributed by atoms with Crippen LogP contribution in [0, 0.1) is 0 Å². The second-order valence-corrected chi connectivity index (χ2v) is 8.92. The van der Waals surface area contributed by atoms with Gasteiger partial charge in [-0.3, -0.25) is 4.79 Å². The molecule has 31 heavy (non-hydrogen) atoms. The van der Waals surface area contributed by atoms with Gasteiger partial charge in [-0.25, -0.2) is 9.13 Å². The lowest BCUT2D eigenvalue weighted by Gasteiger charge is -2.21. The Labute approximate surface area is 184 Å². The van der Waals surface area contributed by atoms with Crippen LogP contribution < -0.4 is 9.30 Å². The van der Waals surface area contributed by atoms with Crippen LogP contribution in [0.15, 0.2) is 54.7 Å². The Morgan fingerprint density at radius 1 is 1.00 bits per heavy atom. The van der Waals surface area contributed by atoms with E-state index >= 15 is 0 Å². The van der Waals surface area contributed by atoms with Gasteiger partial charge in [-0.2, -0.15) is 0 Å². The van der Waals surface area contributed by atoms with Gasteiger partial charge in [0.15, 0.2) is 12.2 Å². The van der Waals surface area contributed by atoms with Gasteiger partial charge in [-0.15, -0.1) is 0 Å². The molecule has 1 aliphatic carbocycles. The van der Waals surface area contributed by atoms with Gasteiger partial charge in [0.05, 0.1) is 20.1 Å². The first kappa shape index (κ1) is 20.0. The molecule has 2 heterocycles. The van der Waals surface area contributed by atoms with Crippen LogP contribution in [-0.4, -0.2) is 17.5 Å². The van der Waals surface area contributed by atoms with Gasteiger partial charge >= 0.3 is 0 Å². The van der Waals surface area contributed by atoms with Gasteiger partial charge in [-0.1, -0.05) is 43.5 Å². The summed E-state index contributed by atoms with van der Waals surface area (Å²) in [4.78, 5) is 13.1. The number of rotatable bonds is 6. The van der Waals surface area contributed by atoms with Crippen LogP contribution in [0.5, 0.6) is 5.75 Å². The average molecular weight is 416 g/mol. The zero-order chi connectivity index (χ0) is 21.2. The summed E-state index contributed by atoms with van der Waals surface area (Å²) in [6.45, 7) is 1.40. The summed E-state index contributed by atoms with van der Waals surface area (Å²) >= 11 is 0. The lowest BCUT2D eigenvalue weighted by atomic mass is 9.84. The number of hydrogen-bond donors (Lipinski definition) is 0. The number of carbonyl (C=O) groups excluding carboxylic acids is 1. The quantitative estimate of drug-likeness (QED) is 0.403. The van der Waals surface area contributed by atoms with E-state index in [0.717, 1.165) is 36.3 Å². The fraction of sp³-hybridized carbons (Fsp3) is 0.407. The van der Waals surface area contributed by atoms with Gasteiger partial charge in [0.1, 0.15) is 11.9 Å². The summed E-state index contributed by atoms with van der Waals surface area (Å²) in [7, 11) is 1.69. The SMILES string of the molecule is COc1ccc(-c2c[n+](CC(=O)c3ccc(C4CCCCC4)cc3)c3n2CCC3)cc1. The van der Waals surface area contributed by atoms with Crippen molar-refractivity contribution in [3.63, 3.8) is 0 Å². The van der Waals surface area contributed by atoms with E-state index in [-0.39, 0.29) is 5.78 Å². The molecule has 1 saturated carbocycles. The number of ketones is 1. The molecular weight excluding hydrogens is 384 g/mol. The summed E-state index contributed by atoms with van der Waals surface area (Å²) < 4.78 is 9.81. The Morgan fingerprint density at radius 3 is 2.45 bits per heavy atom. The van der Waals surface area contributed by atoms with E-state index in [9.17, 15) is 4.79 Å². The average Bonchev–Trinajstić information content (AvgIpc) is 3.44. The summed E-state index contributed by atoms with van der Waals surface area (Å²) in [5.74, 6) is 2.96. The molecule has 2 aliphatic rings. The second kappa shape index (κ2) is 8.70. The Kier molecular flexibility index (Phi) is 5.63. The molecule has 0 N–H and O–H groups in total. The largest absolute Gasteiger partial charge is 0.497 e. The third-order valence-electron chi connectivity index (χ3n) is 7.00. The summed E-state index contributed by atoms with van der Waals surface area (Å²) in [5.41, 5.74) is 4.55. The monoisotopic (exact) mass is 415 g/mol. The van der Waals surface area contributed by atoms with Crippen molar-refractivity contribution in [3.05, 3.63) is 71.7 Å². The van der Waals surface area contributed by atoms with Crippen LogP contribution in [-0.2, 0) is 19.5 Å². The Morgan fingerprint density at radius 2 is 1.74 bits per heavy atom. The zero-order valence-corrected chi connectivity index (χ0v) is 18.3. The summed E-state index contributed by atoms with van der Waals surface area (Å²) in [5, 5.41) is 0. The number of nitrogens with zero attached hydrogens (tertiary/aromatic N) is 2. The van der Waals surface area contributed by atoms with E-state index in [1.807, 2.05) is 24.3 Å². The van der Waals surface area contributed by atoms with Crippen LogP contribution in [0.3, 0.4) is 0 Å². The third-order valence-corrected chi connectivity index (χ3v) is 7.00. The van der Waals surface area contributed by atoms with E-state index < -0.39 is 0 Å². The van der Waals surface area contributed by atoms with Gasteiger partial charge in [0.2, 0.25) is 5.78 Å². The highest BCUT2D eigenvalue weighted by Crippen LogP contribution is 2.32. The molecule has 160 valence electrons. The maximum atomic E-state index is 13.1. The van der Waals surface area contributed by atoms with Gasteiger partial charge in [0.25, 0.3) is 5.82 Å². The number of aromatic nitrogens is 2. The van der Waals surface area contributed by atoms with Crippen molar-refractivity contribution in [3.8, 4) is 17.0 Å². The number of imidazole rings is 1. The van der Waals surface area contributed by atoms with E-state index in [0.29, 0.717) is 12.5 Å². The number of ether oxygens (including phenoxy) is 1. The van der Waals surface area contributed by atoms with Crippen LogP contribution in [0.2, 0.25) is 0 Å². The molecule has 3 aromatic rings. The van der Waals surface area contributed by atoms with Crippen LogP contribution in [0.4, 0.5) is 0 Å². The third kappa shape index (κ3) is 4.04. The standard InChI is InChI=1S/C27H31N2O2/c1-31-24-15-13-22(14-16-24)25-18-28(27-8-5-17-29(25)27)19-26(30)23-11-9-21(10-12-23)20-6-3-2-4-7-20/h9-16,18,20H,2-8,17,19H2,1H3/q+1. The molecule has 4 heteroatoms. The number of Topliss-reactive ketones (excluding diaryl/α,β-unsaturated/α-hetero) is 1. The highest BCUT2D eigenvalue weighted by molar-refractivity contribution is 5.95. The molecule has 0 unspecified atom stereocenters. The number of methoxy groups -OCH3 is 1. The first-order chi connectivity index (χ1) is 15.2. The van der Waals surface area contributed by atoms with E-state index in [4.69, 9.17) is 4.74 Å². The van der Waals surface area contributed by atoms with E-state index in [1.54, 1.807) is 7.11 Å². The second-order valence-electron chi connectivity index (χ2n) is 8.92. The topological polar surface area (TPSA) is 35.1 Å². The summed E-state index contributed by atoms with van der Waals surface area (Å²) in [6, 6.07) is 16.6. The van der Waals surface area contributed by atoms with E-state index in [1.165, 1.54) is 49.2 Å². The maximum Gasteiger partial charge on any atom is 0.257 e. The first-order valence-electron chi connectivity index (χ1n) is 11.6. The Balaban J connectivity index is 1.35. The molecule has 2 aromatic carbocycles. The number of hydrogen-bond acceptors (Lipinski definition) is 2. The van der Waals surface area contributed by atoms with Crippen molar-refractivity contribution in [1.82, 2.24) is 4.57 Å². The van der Waals surface area contributed by atoms with E-state index in [2.05, 4.69) is 39.6 Å². The van der Waals surface area contributed by atoms with Gasteiger partial charge in [-0.05, 0) is 55.0 Å². The highest BCUT2D eigenvalue weighted by atomic mass is 16.5. The molecule has 0 bridgehead atoms. The number of benzene rings is 2. The van der Waals surface area contributed by atoms with Crippen molar-refractivity contribution in [2.45, 2.75) is 64.0 Å². The number of carbonyl (C=O) groups is 1. The molecule has 0 amide bonds. The maximum absolute atomic E-state index is 13.1. The molecule has 1 aliphatic heterocycles. The minimum Gasteiger partial charge on any atom is -0.497 e. The van der Waals surface area contributed by atoms with Crippen LogP contribution >= 0.6 is 0 Å². The lowest BCUT2D eigenvalue weighted by Crippen LogP contribution is -2.40. The molecule has 0 atom stereocenters. The van der Waals surface area contributed by atoms with Crippen molar-refractivity contribution in [2.75, 3.05) is 7.11 Å². The van der Waals surface area contributed by atoms with Crippen molar-refractivity contribution in [1.29, 1.82) is 0 Å².